The number of hydrogen-bond donors (Lipinski definition) is 1. The fourth-order valence-corrected chi connectivity index (χ4v) is 6.18. The SMILES string of the molecule is Cc1nc(-c2ccc(C(F)(F)F)cc2)sc1CSc1ccc(OCC(=O)O)c2c1CCCC2. The number of carboxylic acid groups (broad SMARTS) is 1. The van der Waals surface area contributed by atoms with Crippen molar-refractivity contribution in [3.8, 4) is 16.3 Å². The highest BCUT2D eigenvalue weighted by atomic mass is 32.2. The molecule has 9 heteroatoms. The fraction of sp³-hybridized carbons (Fsp3) is 0.333. The van der Waals surface area contributed by atoms with Gasteiger partial charge in [-0.15, -0.1) is 23.1 Å². The Morgan fingerprint density at radius 2 is 1.82 bits per heavy atom. The number of carboxylic acids is 1. The van der Waals surface area contributed by atoms with Gasteiger partial charge in [0.25, 0.3) is 0 Å². The van der Waals surface area contributed by atoms with Crippen molar-refractivity contribution in [3.05, 3.63) is 63.7 Å². The Hall–Kier alpha value is -2.52. The number of halogens is 3. The summed E-state index contributed by atoms with van der Waals surface area (Å²) in [5.74, 6) is 0.351. The number of fused-ring (bicyclic) bond motifs is 1. The predicted molar refractivity (Wildman–Crippen MR) is 123 cm³/mol. The Morgan fingerprint density at radius 3 is 2.48 bits per heavy atom. The van der Waals surface area contributed by atoms with Gasteiger partial charge in [0.1, 0.15) is 10.8 Å². The highest BCUT2D eigenvalue weighted by Crippen LogP contribution is 2.40. The van der Waals surface area contributed by atoms with Gasteiger partial charge in [-0.05, 0) is 68.0 Å². The van der Waals surface area contributed by atoms with Gasteiger partial charge in [-0.1, -0.05) is 12.1 Å². The summed E-state index contributed by atoms with van der Waals surface area (Å²) in [5.41, 5.74) is 3.19. The second-order valence-corrected chi connectivity index (χ2v) is 9.90. The van der Waals surface area contributed by atoms with Crippen LogP contribution in [0.2, 0.25) is 0 Å². The molecule has 1 heterocycles. The molecule has 1 aliphatic rings. The van der Waals surface area contributed by atoms with Crippen LogP contribution >= 0.6 is 23.1 Å². The molecular formula is C24H22F3NO3S2. The Labute approximate surface area is 197 Å². The molecule has 174 valence electrons. The number of alkyl halides is 3. The van der Waals surface area contributed by atoms with E-state index in [-0.39, 0.29) is 6.61 Å². The van der Waals surface area contributed by atoms with Crippen LogP contribution in [-0.2, 0) is 29.6 Å². The monoisotopic (exact) mass is 493 g/mol. The molecule has 3 aromatic rings. The molecule has 0 fully saturated rings. The van der Waals surface area contributed by atoms with E-state index >= 15 is 0 Å². The molecule has 1 aliphatic carbocycles. The quantitative estimate of drug-likeness (QED) is 0.368. The maximum atomic E-state index is 12.8. The maximum Gasteiger partial charge on any atom is 0.416 e. The van der Waals surface area contributed by atoms with E-state index in [4.69, 9.17) is 9.84 Å². The first-order chi connectivity index (χ1) is 15.7. The summed E-state index contributed by atoms with van der Waals surface area (Å²) in [4.78, 5) is 17.7. The maximum absolute atomic E-state index is 12.8. The number of nitrogens with zero attached hydrogens (tertiary/aromatic N) is 1. The van der Waals surface area contributed by atoms with Gasteiger partial charge in [-0.3, -0.25) is 0 Å². The molecule has 2 aromatic carbocycles. The van der Waals surface area contributed by atoms with Crippen LogP contribution in [0.25, 0.3) is 10.6 Å². The van der Waals surface area contributed by atoms with Crippen molar-refractivity contribution in [2.75, 3.05) is 6.61 Å². The van der Waals surface area contributed by atoms with E-state index in [0.717, 1.165) is 58.8 Å². The van der Waals surface area contributed by atoms with Gasteiger partial charge in [0.15, 0.2) is 6.61 Å². The smallest absolute Gasteiger partial charge is 0.416 e. The zero-order valence-corrected chi connectivity index (χ0v) is 19.5. The fourth-order valence-electron chi connectivity index (χ4n) is 3.84. The van der Waals surface area contributed by atoms with Crippen molar-refractivity contribution in [2.45, 2.75) is 49.4 Å². The highest BCUT2D eigenvalue weighted by molar-refractivity contribution is 7.98. The van der Waals surface area contributed by atoms with E-state index in [1.807, 2.05) is 19.1 Å². The lowest BCUT2D eigenvalue weighted by Crippen LogP contribution is -2.13. The largest absolute Gasteiger partial charge is 0.482 e. The number of thiazole rings is 1. The lowest BCUT2D eigenvalue weighted by molar-refractivity contribution is -0.139. The van der Waals surface area contributed by atoms with E-state index < -0.39 is 17.7 Å². The van der Waals surface area contributed by atoms with Gasteiger partial charge in [-0.25, -0.2) is 9.78 Å². The molecule has 33 heavy (non-hydrogen) atoms. The summed E-state index contributed by atoms with van der Waals surface area (Å²) < 4.78 is 44.0. The van der Waals surface area contributed by atoms with E-state index in [1.54, 1.807) is 11.8 Å². The van der Waals surface area contributed by atoms with Crippen LogP contribution in [0.3, 0.4) is 0 Å². The molecule has 4 rings (SSSR count). The van der Waals surface area contributed by atoms with Gasteiger partial charge in [0.05, 0.1) is 11.3 Å². The van der Waals surface area contributed by atoms with Crippen molar-refractivity contribution >= 4 is 29.1 Å². The average molecular weight is 494 g/mol. The molecule has 0 saturated carbocycles. The van der Waals surface area contributed by atoms with Crippen LogP contribution in [0.1, 0.15) is 40.1 Å². The number of ether oxygens (including phenoxy) is 1. The summed E-state index contributed by atoms with van der Waals surface area (Å²) in [6.45, 7) is 1.56. The Morgan fingerprint density at radius 1 is 1.12 bits per heavy atom. The second-order valence-electron chi connectivity index (χ2n) is 7.80. The zero-order chi connectivity index (χ0) is 23.6. The van der Waals surface area contributed by atoms with Gasteiger partial charge in [0.2, 0.25) is 0 Å². The molecule has 0 unspecified atom stereocenters. The Kier molecular flexibility index (Phi) is 6.99. The molecule has 0 radical (unpaired) electrons. The molecule has 0 bridgehead atoms. The van der Waals surface area contributed by atoms with Crippen molar-refractivity contribution in [1.82, 2.24) is 4.98 Å². The summed E-state index contributed by atoms with van der Waals surface area (Å²) in [7, 11) is 0. The lowest BCUT2D eigenvalue weighted by Gasteiger charge is -2.22. The normalized spacial score (nSPS) is 13.6. The number of hydrogen-bond acceptors (Lipinski definition) is 5. The van der Waals surface area contributed by atoms with Gasteiger partial charge in [-0.2, -0.15) is 13.2 Å². The molecule has 4 nitrogen and oxygen atoms in total. The van der Waals surface area contributed by atoms with Crippen LogP contribution in [0.4, 0.5) is 13.2 Å². The van der Waals surface area contributed by atoms with Crippen LogP contribution in [-0.4, -0.2) is 22.7 Å². The van der Waals surface area contributed by atoms with Crippen LogP contribution < -0.4 is 4.74 Å². The number of aryl methyl sites for hydroxylation is 1. The minimum absolute atomic E-state index is 0.355. The molecule has 1 N–H and O–H groups in total. The molecule has 0 amide bonds. The molecule has 0 spiro atoms. The predicted octanol–water partition coefficient (Wildman–Crippen LogP) is 6.77. The van der Waals surface area contributed by atoms with E-state index in [0.29, 0.717) is 22.1 Å². The van der Waals surface area contributed by atoms with Gasteiger partial charge >= 0.3 is 12.1 Å². The van der Waals surface area contributed by atoms with Crippen molar-refractivity contribution in [2.24, 2.45) is 0 Å². The Bertz CT molecular complexity index is 1160. The first kappa shape index (κ1) is 23.6. The average Bonchev–Trinajstić information content (AvgIpc) is 3.16. The molecule has 0 atom stereocenters. The topological polar surface area (TPSA) is 59.4 Å². The van der Waals surface area contributed by atoms with Gasteiger partial charge in [0, 0.05) is 21.1 Å². The molecule has 0 aliphatic heterocycles. The third-order valence-corrected chi connectivity index (χ3v) is 8.03. The number of rotatable bonds is 7. The minimum atomic E-state index is -4.35. The number of benzene rings is 2. The van der Waals surface area contributed by atoms with Crippen molar-refractivity contribution in [3.63, 3.8) is 0 Å². The zero-order valence-electron chi connectivity index (χ0n) is 17.9. The van der Waals surface area contributed by atoms with Crippen molar-refractivity contribution < 1.29 is 27.8 Å². The second kappa shape index (κ2) is 9.77. The first-order valence-electron chi connectivity index (χ1n) is 10.5. The standard InChI is InChI=1S/C24H22F3NO3S2/c1-14-21(33-23(28-14)15-6-8-16(9-7-15)24(25,26)27)13-32-20-11-10-19(31-12-22(29)30)17-4-2-3-5-18(17)20/h6-11H,2-5,12-13H2,1H3,(H,29,30). The van der Waals surface area contributed by atoms with E-state index in [2.05, 4.69) is 4.98 Å². The van der Waals surface area contributed by atoms with E-state index in [1.165, 1.54) is 29.0 Å². The lowest BCUT2D eigenvalue weighted by atomic mass is 9.91. The number of thioether (sulfide) groups is 1. The number of aromatic nitrogens is 1. The Balaban J connectivity index is 1.51. The third-order valence-electron chi connectivity index (χ3n) is 5.51. The summed E-state index contributed by atoms with van der Waals surface area (Å²) in [6.07, 6.45) is -0.418. The highest BCUT2D eigenvalue weighted by Gasteiger charge is 2.30. The third kappa shape index (κ3) is 5.52. The summed E-state index contributed by atoms with van der Waals surface area (Å²) in [5, 5.41) is 9.62. The van der Waals surface area contributed by atoms with Crippen molar-refractivity contribution in [1.29, 1.82) is 0 Å². The first-order valence-corrected chi connectivity index (χ1v) is 12.3. The van der Waals surface area contributed by atoms with Gasteiger partial charge < -0.3 is 9.84 Å². The van der Waals surface area contributed by atoms with Crippen LogP contribution in [0.5, 0.6) is 5.75 Å². The van der Waals surface area contributed by atoms with Crippen LogP contribution in [0.15, 0.2) is 41.3 Å². The number of carbonyl (C=O) groups is 1. The number of aliphatic carboxylic acids is 1. The summed E-state index contributed by atoms with van der Waals surface area (Å²) >= 11 is 3.19. The van der Waals surface area contributed by atoms with Crippen LogP contribution in [0, 0.1) is 6.92 Å². The minimum Gasteiger partial charge on any atom is -0.482 e. The molecule has 1 aromatic heterocycles. The summed E-state index contributed by atoms with van der Waals surface area (Å²) in [6, 6.07) is 8.93. The van der Waals surface area contributed by atoms with E-state index in [9.17, 15) is 18.0 Å². The molecular weight excluding hydrogens is 471 g/mol. The molecule has 0 saturated heterocycles.